The fourth-order valence-electron chi connectivity index (χ4n) is 11.0. The zero-order chi connectivity index (χ0) is 64.8. The average Bonchev–Trinajstić information content (AvgIpc) is 1.46. The number of amides is 2. The number of nitrogens with zero attached hydrogens (tertiary/aromatic N) is 6. The lowest BCUT2D eigenvalue weighted by Crippen LogP contribution is -2.61. The largest absolute Gasteiger partial charge is 0.501 e. The standard InChI is InChI=1S/C54H57FIN7O26S/c1-3-54(87-35(65)21-82-51-42(70)38(66)40(68)45(85-51)49(74)75)28-14-31-37-26(19-63(31)48(73)27(28)20-83-53(54)78)24-5-4-6-25-36(24)30(58-37)15-29(55)44(25)89-90(79,80)88-33-13-22(7-8-32(33)84-52-43(71)39(67)41(69)46(86-52)50(76)77)47(72)61(2)9-11-81-12-10-62-18-23(59-60-62)17-57-34(64)16-56/h7-8,13-15,18,38-43,45-46,51-52,66-71H,3-6,9-12,16-17,19-21H2,1-2H3,(H,57,64)(H,74,75)(H,76,77)/t38-,39-,40-,41-,42+,43+,45-,46-,51?,52?,54-/m0/s1. The molecule has 2 unspecified atom stereocenters. The van der Waals surface area contributed by atoms with Crippen LogP contribution in [-0.4, -0.2) is 214 Å². The molecule has 90 heavy (non-hydrogen) atoms. The van der Waals surface area contributed by atoms with E-state index in [1.165, 1.54) is 34.2 Å². The molecule has 2 saturated heterocycles. The summed E-state index contributed by atoms with van der Waals surface area (Å²) in [6, 6.07) is 5.26. The van der Waals surface area contributed by atoms with Crippen LogP contribution in [0.4, 0.5) is 4.39 Å². The zero-order valence-electron chi connectivity index (χ0n) is 47.2. The highest BCUT2D eigenvalue weighted by Gasteiger charge is 2.53. The maximum absolute atomic E-state index is 16.7. The van der Waals surface area contributed by atoms with Crippen LogP contribution in [0.3, 0.4) is 0 Å². The van der Waals surface area contributed by atoms with Gasteiger partial charge in [-0.25, -0.2) is 33.2 Å². The minimum absolute atomic E-state index is 0.00123. The van der Waals surface area contributed by atoms with Crippen LogP contribution in [0, 0.1) is 5.82 Å². The Morgan fingerprint density at radius 3 is 2.24 bits per heavy atom. The number of pyridine rings is 2. The Labute approximate surface area is 520 Å². The van der Waals surface area contributed by atoms with Crippen molar-refractivity contribution in [1.29, 1.82) is 0 Å². The minimum Gasteiger partial charge on any atom is -0.479 e. The number of carboxylic acid groups (broad SMARTS) is 2. The summed E-state index contributed by atoms with van der Waals surface area (Å²) in [5.41, 5.74) is -1.82. The first-order valence-electron chi connectivity index (χ1n) is 27.6. The van der Waals surface area contributed by atoms with Gasteiger partial charge in [0.05, 0.1) is 65.9 Å². The number of alkyl halides is 1. The number of aryl methyl sites for hydroxylation is 2. The van der Waals surface area contributed by atoms with Crippen molar-refractivity contribution in [3.8, 4) is 28.6 Å². The van der Waals surface area contributed by atoms with E-state index in [0.717, 1.165) is 24.3 Å². The molecule has 36 heteroatoms. The molecule has 0 bridgehead atoms. The molecule has 0 spiro atoms. The Hall–Kier alpha value is -7.63. The number of aliphatic carboxylic acids is 2. The van der Waals surface area contributed by atoms with Gasteiger partial charge in [0.2, 0.25) is 17.8 Å². The summed E-state index contributed by atoms with van der Waals surface area (Å²) in [4.78, 5) is 96.7. The predicted molar refractivity (Wildman–Crippen MR) is 301 cm³/mol. The van der Waals surface area contributed by atoms with E-state index in [-0.39, 0.29) is 120 Å². The van der Waals surface area contributed by atoms with Crippen LogP contribution in [0.25, 0.3) is 22.3 Å². The van der Waals surface area contributed by atoms with Crippen molar-refractivity contribution < 1.29 is 124 Å². The number of hydrogen-bond donors (Lipinski definition) is 9. The number of carbonyl (C=O) groups is 6. The first kappa shape index (κ1) is 65.3. The molecule has 0 saturated carbocycles. The van der Waals surface area contributed by atoms with Crippen LogP contribution >= 0.6 is 22.6 Å². The second kappa shape index (κ2) is 26.3. The van der Waals surface area contributed by atoms with Crippen LogP contribution in [0.5, 0.6) is 17.2 Å². The van der Waals surface area contributed by atoms with E-state index >= 15 is 4.39 Å². The van der Waals surface area contributed by atoms with E-state index in [2.05, 4.69) is 15.6 Å². The fourth-order valence-corrected chi connectivity index (χ4v) is 12.0. The Morgan fingerprint density at radius 1 is 0.867 bits per heavy atom. The Morgan fingerprint density at radius 2 is 1.56 bits per heavy atom. The molecule has 2 amide bonds. The summed E-state index contributed by atoms with van der Waals surface area (Å²) in [5.74, 6) is -10.4. The Bertz CT molecular complexity index is 3870. The number of benzene rings is 2. The molecule has 33 nitrogen and oxygen atoms in total. The van der Waals surface area contributed by atoms with Crippen molar-refractivity contribution in [1.82, 2.24) is 34.8 Å². The summed E-state index contributed by atoms with van der Waals surface area (Å²) in [6.45, 7) is 0.146. The van der Waals surface area contributed by atoms with Gasteiger partial charge in [0.1, 0.15) is 55.5 Å². The van der Waals surface area contributed by atoms with Crippen molar-refractivity contribution in [2.24, 2.45) is 0 Å². The molecule has 0 radical (unpaired) electrons. The summed E-state index contributed by atoms with van der Waals surface area (Å²) in [5, 5.41) is 92.3. The number of cyclic esters (lactones) is 1. The van der Waals surface area contributed by atoms with Crippen molar-refractivity contribution >= 4 is 79.6 Å². The molecule has 11 atom stereocenters. The van der Waals surface area contributed by atoms with E-state index in [4.69, 9.17) is 46.5 Å². The number of fused-ring (bicyclic) bond motifs is 5. The zero-order valence-corrected chi connectivity index (χ0v) is 50.2. The predicted octanol–water partition coefficient (Wildman–Crippen LogP) is -2.43. The number of carboxylic acids is 2. The summed E-state index contributed by atoms with van der Waals surface area (Å²) < 4.78 is 97.0. The van der Waals surface area contributed by atoms with Gasteiger partial charge >= 0.3 is 34.3 Å². The van der Waals surface area contributed by atoms with E-state index in [1.54, 1.807) is 6.20 Å². The van der Waals surface area contributed by atoms with E-state index in [9.17, 15) is 82.8 Å². The van der Waals surface area contributed by atoms with Crippen LogP contribution in [-0.2, 0) is 107 Å². The van der Waals surface area contributed by atoms with Crippen molar-refractivity contribution in [2.75, 3.05) is 37.8 Å². The van der Waals surface area contributed by atoms with Crippen LogP contribution in [0.1, 0.15) is 63.6 Å². The number of rotatable bonds is 23. The van der Waals surface area contributed by atoms with E-state index in [0.29, 0.717) is 16.8 Å². The molecule has 7 heterocycles. The van der Waals surface area contributed by atoms with Crippen molar-refractivity contribution in [2.45, 2.75) is 126 Å². The molecular weight excluding hydrogens is 1340 g/mol. The lowest BCUT2D eigenvalue weighted by Gasteiger charge is -2.38. The summed E-state index contributed by atoms with van der Waals surface area (Å²) in [7, 11) is -4.15. The number of nitrogens with one attached hydrogen (secondary N) is 1. The molecule has 10 rings (SSSR count). The lowest BCUT2D eigenvalue weighted by molar-refractivity contribution is -0.294. The van der Waals surface area contributed by atoms with Gasteiger partial charge in [-0.1, -0.05) is 34.7 Å². The molecule has 5 aliphatic rings. The number of ether oxygens (including phenoxy) is 7. The number of aliphatic hydroxyl groups excluding tert-OH is 6. The monoisotopic (exact) mass is 1400 g/mol. The molecule has 5 aromatic rings. The topological polar surface area (TPSA) is 462 Å². The van der Waals surface area contributed by atoms with Crippen molar-refractivity contribution in [3.05, 3.63) is 91.8 Å². The molecule has 9 N–H and O–H groups in total. The molecule has 2 aromatic carbocycles. The van der Waals surface area contributed by atoms with E-state index < -0.39 is 149 Å². The van der Waals surface area contributed by atoms with Gasteiger partial charge in [-0.3, -0.25) is 14.4 Å². The van der Waals surface area contributed by atoms with Crippen LogP contribution in [0.15, 0.2) is 41.3 Å². The maximum atomic E-state index is 16.7. The van der Waals surface area contributed by atoms with Gasteiger partial charge in [0.15, 0.2) is 41.6 Å². The van der Waals surface area contributed by atoms with Gasteiger partial charge in [-0.05, 0) is 55.5 Å². The third kappa shape index (κ3) is 12.7. The quantitative estimate of drug-likeness (QED) is 0.0139. The second-order valence-corrected chi connectivity index (χ2v) is 23.1. The van der Waals surface area contributed by atoms with Gasteiger partial charge in [0.25, 0.3) is 11.5 Å². The number of esters is 2. The number of aromatic nitrogens is 5. The number of carbonyl (C=O) groups excluding carboxylic acids is 4. The fraction of sp³-hybridized carbons (Fsp3) is 0.481. The molecule has 484 valence electrons. The first-order chi connectivity index (χ1) is 42.8. The number of hydrogen-bond acceptors (Lipinski definition) is 27. The number of aliphatic hydroxyl groups is 6. The minimum atomic E-state index is -5.54. The molecular formula is C54H57FIN7O26S. The number of likely N-dealkylation sites (N-methyl/N-ethyl adjacent to an activating group) is 1. The smallest absolute Gasteiger partial charge is 0.479 e. The van der Waals surface area contributed by atoms with Gasteiger partial charge in [-0.15, -0.1) is 13.5 Å². The average molecular weight is 1400 g/mol. The van der Waals surface area contributed by atoms with Crippen molar-refractivity contribution in [3.63, 3.8) is 0 Å². The molecule has 3 aromatic heterocycles. The first-order valence-corrected chi connectivity index (χ1v) is 30.4. The normalized spacial score (nSPS) is 25.1. The van der Waals surface area contributed by atoms with E-state index in [1.807, 2.05) is 22.6 Å². The highest BCUT2D eigenvalue weighted by molar-refractivity contribution is 14.1. The Balaban J connectivity index is 0.902. The highest BCUT2D eigenvalue weighted by Crippen LogP contribution is 2.46. The second-order valence-electron chi connectivity index (χ2n) is 21.2. The summed E-state index contributed by atoms with van der Waals surface area (Å²) in [6.07, 6.45) is -19.1. The maximum Gasteiger partial charge on any atom is 0.501 e. The van der Waals surface area contributed by atoms with Crippen LogP contribution < -0.4 is 24.0 Å². The highest BCUT2D eigenvalue weighted by atomic mass is 127. The lowest BCUT2D eigenvalue weighted by atomic mass is 9.85. The SMILES string of the molecule is CC[C@@]1(OC(=O)COC2O[C@H](C(=O)O)[C@@H](O)[C@H](O)[C@H]2O)C(=O)OCc2c1cc1n(c2=O)Cc2c-1nc1cc(F)c(OS(=O)(=O)Oc3cc(C(=O)N(C)CCOCCn4cc(CNC(=O)CI)nn4)ccc3OC3O[C@H](C(=O)O)[C@@H](O)[C@H](O)[C@H]3O)c3c1c2CCC3. The van der Waals surface area contributed by atoms with Gasteiger partial charge < -0.3 is 97.2 Å². The number of halogens is 2. The third-order valence-electron chi connectivity index (χ3n) is 15.6. The van der Waals surface area contributed by atoms with Crippen LogP contribution in [0.2, 0.25) is 0 Å². The third-order valence-corrected chi connectivity index (χ3v) is 17.0. The summed E-state index contributed by atoms with van der Waals surface area (Å²) >= 11 is 1.92. The molecule has 1 aliphatic carbocycles. The molecule has 4 aliphatic heterocycles. The van der Waals surface area contributed by atoms with Gasteiger partial charge in [-0.2, -0.15) is 0 Å². The van der Waals surface area contributed by atoms with Gasteiger partial charge in [0, 0.05) is 47.3 Å². The molecule has 2 fully saturated rings. The Kier molecular flexibility index (Phi) is 19.1.